The van der Waals surface area contributed by atoms with Crippen LogP contribution >= 0.6 is 0 Å². The molecule has 0 unspecified atom stereocenters. The van der Waals surface area contributed by atoms with Gasteiger partial charge in [-0.15, -0.1) is 0 Å². The molecule has 0 atom stereocenters. The maximum Gasteiger partial charge on any atom is 0.303 e. The van der Waals surface area contributed by atoms with Crippen molar-refractivity contribution in [1.29, 1.82) is 0 Å². The van der Waals surface area contributed by atoms with E-state index in [2.05, 4.69) is 25.1 Å². The molecular formula is C17H18O3. The molecule has 2 aromatic rings. The molecular weight excluding hydrogens is 252 g/mol. The fourth-order valence-electron chi connectivity index (χ4n) is 1.98. The Kier molecular flexibility index (Phi) is 4.77. The second-order valence-electron chi connectivity index (χ2n) is 4.74. The summed E-state index contributed by atoms with van der Waals surface area (Å²) >= 11 is 0. The maximum absolute atomic E-state index is 10.4. The summed E-state index contributed by atoms with van der Waals surface area (Å²) in [5, 5.41) is 8.54. The first-order valence-electron chi connectivity index (χ1n) is 6.67. The highest BCUT2D eigenvalue weighted by molar-refractivity contribution is 5.66. The van der Waals surface area contributed by atoms with Gasteiger partial charge in [-0.05, 0) is 36.6 Å². The third kappa shape index (κ3) is 4.12. The summed E-state index contributed by atoms with van der Waals surface area (Å²) < 4.78 is 5.51. The van der Waals surface area contributed by atoms with E-state index in [0.717, 1.165) is 11.3 Å². The van der Waals surface area contributed by atoms with Gasteiger partial charge in [-0.2, -0.15) is 0 Å². The number of carboxylic acid groups (broad SMARTS) is 1. The molecule has 2 aromatic carbocycles. The molecule has 2 rings (SSSR count). The van der Waals surface area contributed by atoms with Gasteiger partial charge < -0.3 is 9.84 Å². The van der Waals surface area contributed by atoms with E-state index >= 15 is 0 Å². The van der Waals surface area contributed by atoms with Crippen LogP contribution < -0.4 is 4.74 Å². The molecule has 0 aliphatic carbocycles. The average molecular weight is 270 g/mol. The van der Waals surface area contributed by atoms with Crippen LogP contribution in [0, 0.1) is 6.92 Å². The van der Waals surface area contributed by atoms with Gasteiger partial charge >= 0.3 is 5.97 Å². The van der Waals surface area contributed by atoms with Gasteiger partial charge in [-0.25, -0.2) is 0 Å². The minimum absolute atomic E-state index is 0.140. The van der Waals surface area contributed by atoms with Crippen LogP contribution in [0.2, 0.25) is 0 Å². The lowest BCUT2D eigenvalue weighted by Crippen LogP contribution is -2.01. The normalized spacial score (nSPS) is 10.2. The summed E-state index contributed by atoms with van der Waals surface area (Å²) in [5.41, 5.74) is 3.56. The quantitative estimate of drug-likeness (QED) is 0.810. The molecule has 0 saturated carbocycles. The SMILES string of the molecule is Cc1cccc(-c2ccc(OCCCC(=O)O)cc2)c1. The number of benzene rings is 2. The van der Waals surface area contributed by atoms with E-state index in [0.29, 0.717) is 13.0 Å². The summed E-state index contributed by atoms with van der Waals surface area (Å²) in [6, 6.07) is 16.2. The third-order valence-electron chi connectivity index (χ3n) is 3.01. The highest BCUT2D eigenvalue weighted by Crippen LogP contribution is 2.23. The Balaban J connectivity index is 1.94. The molecule has 3 nitrogen and oxygen atoms in total. The summed E-state index contributed by atoms with van der Waals surface area (Å²) in [7, 11) is 0. The highest BCUT2D eigenvalue weighted by Gasteiger charge is 2.00. The number of rotatable bonds is 6. The summed E-state index contributed by atoms with van der Waals surface area (Å²) in [4.78, 5) is 10.4. The van der Waals surface area contributed by atoms with Crippen molar-refractivity contribution in [2.45, 2.75) is 19.8 Å². The van der Waals surface area contributed by atoms with Gasteiger partial charge in [0.05, 0.1) is 6.61 Å². The second-order valence-corrected chi connectivity index (χ2v) is 4.74. The third-order valence-corrected chi connectivity index (χ3v) is 3.01. The Morgan fingerprint density at radius 1 is 1.10 bits per heavy atom. The van der Waals surface area contributed by atoms with Crippen LogP contribution in [0.3, 0.4) is 0 Å². The Labute approximate surface area is 118 Å². The van der Waals surface area contributed by atoms with Crippen molar-refractivity contribution in [2.75, 3.05) is 6.61 Å². The number of hydrogen-bond acceptors (Lipinski definition) is 2. The molecule has 0 aliphatic heterocycles. The fraction of sp³-hybridized carbons (Fsp3) is 0.235. The van der Waals surface area contributed by atoms with Gasteiger partial charge in [0.2, 0.25) is 0 Å². The molecule has 104 valence electrons. The molecule has 0 aromatic heterocycles. The molecule has 20 heavy (non-hydrogen) atoms. The predicted octanol–water partition coefficient (Wildman–Crippen LogP) is 3.91. The van der Waals surface area contributed by atoms with Crippen molar-refractivity contribution >= 4 is 5.97 Å². The summed E-state index contributed by atoms with van der Waals surface area (Å²) in [5.74, 6) is -0.0183. The van der Waals surface area contributed by atoms with E-state index in [1.54, 1.807) is 0 Å². The van der Waals surface area contributed by atoms with Gasteiger partial charge in [0.15, 0.2) is 0 Å². The Bertz CT molecular complexity index is 573. The van der Waals surface area contributed by atoms with E-state index in [1.807, 2.05) is 30.3 Å². The zero-order valence-electron chi connectivity index (χ0n) is 11.5. The monoisotopic (exact) mass is 270 g/mol. The molecule has 0 radical (unpaired) electrons. The first kappa shape index (κ1) is 14.1. The first-order valence-corrected chi connectivity index (χ1v) is 6.67. The number of aliphatic carboxylic acids is 1. The molecule has 0 saturated heterocycles. The fourth-order valence-corrected chi connectivity index (χ4v) is 1.98. The molecule has 0 aliphatic rings. The Hall–Kier alpha value is -2.29. The average Bonchev–Trinajstić information content (AvgIpc) is 2.44. The van der Waals surface area contributed by atoms with Crippen LogP contribution in [0.4, 0.5) is 0 Å². The van der Waals surface area contributed by atoms with Crippen LogP contribution in [0.1, 0.15) is 18.4 Å². The zero-order chi connectivity index (χ0) is 14.4. The van der Waals surface area contributed by atoms with Crippen molar-refractivity contribution in [3.63, 3.8) is 0 Å². The minimum atomic E-state index is -0.789. The topological polar surface area (TPSA) is 46.5 Å². The smallest absolute Gasteiger partial charge is 0.303 e. The first-order chi connectivity index (χ1) is 9.65. The minimum Gasteiger partial charge on any atom is -0.494 e. The Morgan fingerprint density at radius 2 is 1.85 bits per heavy atom. The van der Waals surface area contributed by atoms with Crippen LogP contribution in [0.25, 0.3) is 11.1 Å². The van der Waals surface area contributed by atoms with E-state index in [9.17, 15) is 4.79 Å². The van der Waals surface area contributed by atoms with E-state index in [-0.39, 0.29) is 6.42 Å². The van der Waals surface area contributed by atoms with Crippen molar-refractivity contribution in [2.24, 2.45) is 0 Å². The van der Waals surface area contributed by atoms with Crippen molar-refractivity contribution in [3.05, 3.63) is 54.1 Å². The van der Waals surface area contributed by atoms with Crippen molar-refractivity contribution < 1.29 is 14.6 Å². The van der Waals surface area contributed by atoms with E-state index in [4.69, 9.17) is 9.84 Å². The largest absolute Gasteiger partial charge is 0.494 e. The predicted molar refractivity (Wildman–Crippen MR) is 79.0 cm³/mol. The Morgan fingerprint density at radius 3 is 2.50 bits per heavy atom. The van der Waals surface area contributed by atoms with Gasteiger partial charge in [0, 0.05) is 6.42 Å². The molecule has 0 spiro atoms. The van der Waals surface area contributed by atoms with Crippen LogP contribution in [0.5, 0.6) is 5.75 Å². The van der Waals surface area contributed by atoms with E-state index < -0.39 is 5.97 Å². The van der Waals surface area contributed by atoms with Gasteiger partial charge in [-0.3, -0.25) is 4.79 Å². The number of ether oxygens (including phenoxy) is 1. The van der Waals surface area contributed by atoms with Gasteiger partial charge in [0.1, 0.15) is 5.75 Å². The lowest BCUT2D eigenvalue weighted by molar-refractivity contribution is -0.137. The molecule has 0 amide bonds. The molecule has 0 fully saturated rings. The van der Waals surface area contributed by atoms with Crippen LogP contribution in [-0.2, 0) is 4.79 Å². The molecule has 1 N–H and O–H groups in total. The number of carboxylic acids is 1. The second kappa shape index (κ2) is 6.75. The van der Waals surface area contributed by atoms with Crippen LogP contribution in [0.15, 0.2) is 48.5 Å². The lowest BCUT2D eigenvalue weighted by Gasteiger charge is -2.07. The van der Waals surface area contributed by atoms with Crippen molar-refractivity contribution in [1.82, 2.24) is 0 Å². The molecule has 3 heteroatoms. The summed E-state index contributed by atoms with van der Waals surface area (Å²) in [6.07, 6.45) is 0.663. The number of hydrogen-bond donors (Lipinski definition) is 1. The van der Waals surface area contributed by atoms with Crippen LogP contribution in [-0.4, -0.2) is 17.7 Å². The van der Waals surface area contributed by atoms with Gasteiger partial charge in [-0.1, -0.05) is 42.0 Å². The highest BCUT2D eigenvalue weighted by atomic mass is 16.5. The standard InChI is InChI=1S/C17H18O3/c1-13-4-2-5-15(12-13)14-7-9-16(10-8-14)20-11-3-6-17(18)19/h2,4-5,7-10,12H,3,6,11H2,1H3,(H,18,19). The molecule has 0 bridgehead atoms. The zero-order valence-corrected chi connectivity index (χ0v) is 11.5. The van der Waals surface area contributed by atoms with Gasteiger partial charge in [0.25, 0.3) is 0 Å². The maximum atomic E-state index is 10.4. The lowest BCUT2D eigenvalue weighted by atomic mass is 10.0. The van der Waals surface area contributed by atoms with Crippen molar-refractivity contribution in [3.8, 4) is 16.9 Å². The number of aryl methyl sites for hydroxylation is 1. The van der Waals surface area contributed by atoms with E-state index in [1.165, 1.54) is 11.1 Å². The summed E-state index contributed by atoms with van der Waals surface area (Å²) in [6.45, 7) is 2.50. The number of carbonyl (C=O) groups is 1. The molecule has 0 heterocycles.